The third-order valence-electron chi connectivity index (χ3n) is 4.29. The number of amides is 3. The molecule has 0 aliphatic heterocycles. The molecule has 0 fully saturated rings. The molecule has 2 atom stereocenters. The summed E-state index contributed by atoms with van der Waals surface area (Å²) in [5.74, 6) is 1.75. The van der Waals surface area contributed by atoms with Crippen LogP contribution in [0.1, 0.15) is 27.2 Å². The Morgan fingerprint density at radius 2 is 1.50 bits per heavy atom. The molecule has 2 aromatic rings. The highest BCUT2D eigenvalue weighted by Crippen LogP contribution is 2.25. The molecule has 2 rings (SSSR count). The molecule has 7 heteroatoms. The second kappa shape index (κ2) is 10.2. The fourth-order valence-corrected chi connectivity index (χ4v) is 2.59. The van der Waals surface area contributed by atoms with E-state index in [1.54, 1.807) is 24.3 Å². The van der Waals surface area contributed by atoms with E-state index in [0.717, 1.165) is 12.2 Å². The van der Waals surface area contributed by atoms with Gasteiger partial charge in [0.05, 0.1) is 6.61 Å². The Morgan fingerprint density at radius 3 is 2.00 bits per heavy atom. The third kappa shape index (κ3) is 6.19. The number of anilines is 1. The minimum atomic E-state index is -0.723. The summed E-state index contributed by atoms with van der Waals surface area (Å²) in [6.45, 7) is 6.37. The molecule has 0 unspecified atom stereocenters. The van der Waals surface area contributed by atoms with Crippen molar-refractivity contribution in [2.45, 2.75) is 33.2 Å². The molecule has 0 bridgehead atoms. The molecule has 0 saturated heterocycles. The van der Waals surface area contributed by atoms with E-state index in [4.69, 9.17) is 15.2 Å². The number of carbonyl (C=O) groups is 2. The predicted octanol–water partition coefficient (Wildman–Crippen LogP) is 3.90. The maximum atomic E-state index is 12.5. The molecule has 2 aromatic carbocycles. The van der Waals surface area contributed by atoms with Gasteiger partial charge in [-0.15, -0.1) is 0 Å². The highest BCUT2D eigenvalue weighted by molar-refractivity contribution is 5.97. The van der Waals surface area contributed by atoms with Crippen molar-refractivity contribution in [3.8, 4) is 17.2 Å². The molecule has 0 aliphatic rings. The predicted molar refractivity (Wildman–Crippen MR) is 109 cm³/mol. The molecule has 0 heterocycles. The standard InChI is InChI=1S/C21H27N3O4/c1-4-14(3)19(24-21(22)26)20(25)23-15-6-8-17(9-7-15)28-18-12-10-16(11-13-18)27-5-2/h6-14,19H,4-5H2,1-3H3,(H,23,25)(H3,22,24,26)/t14-,19+/m1/s1. The van der Waals surface area contributed by atoms with Crippen molar-refractivity contribution < 1.29 is 19.1 Å². The first-order valence-corrected chi connectivity index (χ1v) is 9.30. The van der Waals surface area contributed by atoms with Crippen LogP contribution in [0.3, 0.4) is 0 Å². The van der Waals surface area contributed by atoms with Crippen LogP contribution in [0.15, 0.2) is 48.5 Å². The van der Waals surface area contributed by atoms with Crippen LogP contribution in [0.2, 0.25) is 0 Å². The Kier molecular flexibility index (Phi) is 7.68. The smallest absolute Gasteiger partial charge is 0.312 e. The summed E-state index contributed by atoms with van der Waals surface area (Å²) < 4.78 is 11.2. The molecule has 0 aromatic heterocycles. The lowest BCUT2D eigenvalue weighted by atomic mass is 9.98. The van der Waals surface area contributed by atoms with Gasteiger partial charge in [0.1, 0.15) is 23.3 Å². The normalized spacial score (nSPS) is 12.5. The largest absolute Gasteiger partial charge is 0.494 e. The minimum Gasteiger partial charge on any atom is -0.494 e. The molecule has 28 heavy (non-hydrogen) atoms. The van der Waals surface area contributed by atoms with Crippen LogP contribution < -0.4 is 25.8 Å². The number of primary amides is 1. The van der Waals surface area contributed by atoms with Crippen molar-refractivity contribution in [1.82, 2.24) is 5.32 Å². The van der Waals surface area contributed by atoms with Gasteiger partial charge in [0.2, 0.25) is 5.91 Å². The highest BCUT2D eigenvalue weighted by atomic mass is 16.5. The zero-order valence-electron chi connectivity index (χ0n) is 16.4. The first kappa shape index (κ1) is 21.1. The van der Waals surface area contributed by atoms with Gasteiger partial charge in [0.15, 0.2) is 0 Å². The van der Waals surface area contributed by atoms with Gasteiger partial charge in [0, 0.05) is 5.69 Å². The molecule has 0 aliphatic carbocycles. The van der Waals surface area contributed by atoms with Crippen LogP contribution >= 0.6 is 0 Å². The quantitative estimate of drug-likeness (QED) is 0.609. The van der Waals surface area contributed by atoms with E-state index in [2.05, 4.69) is 10.6 Å². The van der Waals surface area contributed by atoms with E-state index in [-0.39, 0.29) is 11.8 Å². The maximum Gasteiger partial charge on any atom is 0.312 e. The Morgan fingerprint density at radius 1 is 0.964 bits per heavy atom. The topological polar surface area (TPSA) is 103 Å². The van der Waals surface area contributed by atoms with Gasteiger partial charge in [-0.3, -0.25) is 4.79 Å². The van der Waals surface area contributed by atoms with Crippen LogP contribution in [0.4, 0.5) is 10.5 Å². The lowest BCUT2D eigenvalue weighted by molar-refractivity contribution is -0.119. The average Bonchev–Trinajstić information content (AvgIpc) is 2.68. The Bertz CT molecular complexity index is 775. The molecule has 7 nitrogen and oxygen atoms in total. The van der Waals surface area contributed by atoms with Crippen LogP contribution in [0, 0.1) is 5.92 Å². The summed E-state index contributed by atoms with van der Waals surface area (Å²) in [5, 5.41) is 5.29. The molecule has 0 spiro atoms. The van der Waals surface area contributed by atoms with Gasteiger partial charge < -0.3 is 25.8 Å². The van der Waals surface area contributed by atoms with Crippen LogP contribution in [-0.4, -0.2) is 24.6 Å². The van der Waals surface area contributed by atoms with Gasteiger partial charge >= 0.3 is 6.03 Å². The van der Waals surface area contributed by atoms with E-state index in [1.165, 1.54) is 0 Å². The number of rotatable bonds is 9. The summed E-state index contributed by atoms with van der Waals surface area (Å²) >= 11 is 0. The molecule has 3 amide bonds. The summed E-state index contributed by atoms with van der Waals surface area (Å²) in [6.07, 6.45) is 0.729. The van der Waals surface area contributed by atoms with E-state index >= 15 is 0 Å². The zero-order chi connectivity index (χ0) is 20.5. The number of nitrogens with two attached hydrogens (primary N) is 1. The summed E-state index contributed by atoms with van der Waals surface area (Å²) in [7, 11) is 0. The minimum absolute atomic E-state index is 0.0465. The lowest BCUT2D eigenvalue weighted by Gasteiger charge is -2.22. The number of hydrogen-bond acceptors (Lipinski definition) is 4. The Labute approximate surface area is 165 Å². The number of carbonyl (C=O) groups excluding carboxylic acids is 2. The van der Waals surface area contributed by atoms with E-state index in [9.17, 15) is 9.59 Å². The fourth-order valence-electron chi connectivity index (χ4n) is 2.59. The number of nitrogens with one attached hydrogen (secondary N) is 2. The van der Waals surface area contributed by atoms with Crippen LogP contribution in [0.5, 0.6) is 17.2 Å². The number of benzene rings is 2. The van der Waals surface area contributed by atoms with Crippen molar-refractivity contribution in [3.63, 3.8) is 0 Å². The van der Waals surface area contributed by atoms with Crippen LogP contribution in [-0.2, 0) is 4.79 Å². The van der Waals surface area contributed by atoms with Gasteiger partial charge in [-0.2, -0.15) is 0 Å². The molecule has 0 radical (unpaired) electrons. The summed E-state index contributed by atoms with van der Waals surface area (Å²) in [4.78, 5) is 23.7. The van der Waals surface area contributed by atoms with E-state index in [0.29, 0.717) is 23.8 Å². The summed E-state index contributed by atoms with van der Waals surface area (Å²) in [6, 6.07) is 12.9. The van der Waals surface area contributed by atoms with Gasteiger partial charge in [0.25, 0.3) is 0 Å². The average molecular weight is 385 g/mol. The second-order valence-electron chi connectivity index (χ2n) is 6.39. The monoisotopic (exact) mass is 385 g/mol. The van der Waals surface area contributed by atoms with Crippen molar-refractivity contribution in [2.24, 2.45) is 11.7 Å². The number of hydrogen-bond donors (Lipinski definition) is 3. The first-order valence-electron chi connectivity index (χ1n) is 9.30. The molecular weight excluding hydrogens is 358 g/mol. The Hall–Kier alpha value is -3.22. The molecule has 0 saturated carbocycles. The van der Waals surface area contributed by atoms with E-state index < -0.39 is 12.1 Å². The zero-order valence-corrected chi connectivity index (χ0v) is 16.4. The molecule has 4 N–H and O–H groups in total. The lowest BCUT2D eigenvalue weighted by Crippen LogP contribution is -2.49. The molecular formula is C21H27N3O4. The second-order valence-corrected chi connectivity index (χ2v) is 6.39. The molecule has 150 valence electrons. The van der Waals surface area contributed by atoms with E-state index in [1.807, 2.05) is 45.0 Å². The summed E-state index contributed by atoms with van der Waals surface area (Å²) in [5.41, 5.74) is 5.78. The fraction of sp³-hybridized carbons (Fsp3) is 0.333. The number of urea groups is 1. The first-order chi connectivity index (χ1) is 13.4. The van der Waals surface area contributed by atoms with Gasteiger partial charge in [-0.05, 0) is 61.4 Å². The Balaban J connectivity index is 1.99. The SMILES string of the molecule is CCOc1ccc(Oc2ccc(NC(=O)[C@@H](NC(N)=O)[C@H](C)CC)cc2)cc1. The highest BCUT2D eigenvalue weighted by Gasteiger charge is 2.25. The van der Waals surface area contributed by atoms with Gasteiger partial charge in [-0.1, -0.05) is 20.3 Å². The van der Waals surface area contributed by atoms with Crippen LogP contribution in [0.25, 0.3) is 0 Å². The van der Waals surface area contributed by atoms with Crippen molar-refractivity contribution in [1.29, 1.82) is 0 Å². The van der Waals surface area contributed by atoms with Crippen molar-refractivity contribution >= 4 is 17.6 Å². The number of ether oxygens (including phenoxy) is 2. The van der Waals surface area contributed by atoms with Crippen molar-refractivity contribution in [2.75, 3.05) is 11.9 Å². The van der Waals surface area contributed by atoms with Gasteiger partial charge in [-0.25, -0.2) is 4.79 Å². The maximum absolute atomic E-state index is 12.5. The third-order valence-corrected chi connectivity index (χ3v) is 4.29. The van der Waals surface area contributed by atoms with Crippen molar-refractivity contribution in [3.05, 3.63) is 48.5 Å².